The Kier molecular flexibility index (Phi) is 5.57. The number of aromatic nitrogens is 4. The number of anilines is 1. The summed E-state index contributed by atoms with van der Waals surface area (Å²) in [6.45, 7) is 1.38. The summed E-state index contributed by atoms with van der Waals surface area (Å²) in [7, 11) is 0. The average Bonchev–Trinajstić information content (AvgIpc) is 3.25. The number of rotatable bonds is 4. The van der Waals surface area contributed by atoms with Gasteiger partial charge in [0.15, 0.2) is 0 Å². The van der Waals surface area contributed by atoms with Gasteiger partial charge in [0, 0.05) is 24.2 Å². The van der Waals surface area contributed by atoms with Crippen molar-refractivity contribution in [1.82, 2.24) is 24.9 Å². The number of likely N-dealkylation sites (tertiary alicyclic amines) is 1. The lowest BCUT2D eigenvalue weighted by molar-refractivity contribution is 0.179. The molecular formula is C20H22N6OS. The Hall–Kier alpha value is -2.87. The normalized spacial score (nSPS) is 14.8. The van der Waals surface area contributed by atoms with Crippen molar-refractivity contribution >= 4 is 23.5 Å². The van der Waals surface area contributed by atoms with E-state index in [2.05, 4.69) is 20.6 Å². The van der Waals surface area contributed by atoms with Crippen molar-refractivity contribution in [3.05, 3.63) is 54.9 Å². The van der Waals surface area contributed by atoms with E-state index in [0.29, 0.717) is 13.1 Å². The molecule has 144 valence electrons. The smallest absolute Gasteiger partial charge is 0.321 e. The average molecular weight is 395 g/mol. The molecule has 0 aliphatic carbocycles. The summed E-state index contributed by atoms with van der Waals surface area (Å²) in [5.74, 6) is 0. The molecule has 2 amide bonds. The first-order valence-electron chi connectivity index (χ1n) is 9.27. The van der Waals surface area contributed by atoms with E-state index in [9.17, 15) is 4.79 Å². The SMILES string of the molecule is CSc1ccccc1NC(=O)N1CCC(n2cc(-c3ccccn3)nn2)CC1. The molecule has 1 saturated heterocycles. The number of para-hydroxylation sites is 1. The van der Waals surface area contributed by atoms with Gasteiger partial charge in [-0.25, -0.2) is 9.48 Å². The Labute approximate surface area is 168 Å². The number of urea groups is 1. The van der Waals surface area contributed by atoms with Gasteiger partial charge in [0.05, 0.1) is 23.6 Å². The monoisotopic (exact) mass is 394 g/mol. The number of carbonyl (C=O) groups excluding carboxylic acids is 1. The maximum Gasteiger partial charge on any atom is 0.321 e. The Morgan fingerprint density at radius 3 is 2.64 bits per heavy atom. The van der Waals surface area contributed by atoms with Gasteiger partial charge in [0.25, 0.3) is 0 Å². The summed E-state index contributed by atoms with van der Waals surface area (Å²) in [6.07, 6.45) is 7.40. The minimum Gasteiger partial charge on any atom is -0.324 e. The Morgan fingerprint density at radius 1 is 1.11 bits per heavy atom. The zero-order valence-corrected chi connectivity index (χ0v) is 16.5. The molecule has 8 heteroatoms. The van der Waals surface area contributed by atoms with Crippen LogP contribution in [0.1, 0.15) is 18.9 Å². The lowest BCUT2D eigenvalue weighted by Gasteiger charge is -2.32. The molecule has 1 aliphatic heterocycles. The van der Waals surface area contributed by atoms with E-state index < -0.39 is 0 Å². The molecule has 0 unspecified atom stereocenters. The molecule has 4 rings (SSSR count). The van der Waals surface area contributed by atoms with Crippen LogP contribution in [0, 0.1) is 0 Å². The predicted molar refractivity (Wildman–Crippen MR) is 110 cm³/mol. The Bertz CT molecular complexity index is 937. The minimum absolute atomic E-state index is 0.0484. The number of benzene rings is 1. The van der Waals surface area contributed by atoms with E-state index >= 15 is 0 Å². The van der Waals surface area contributed by atoms with Gasteiger partial charge in [-0.1, -0.05) is 23.4 Å². The zero-order chi connectivity index (χ0) is 19.3. The molecule has 1 aromatic carbocycles. The molecule has 2 aromatic heterocycles. The largest absolute Gasteiger partial charge is 0.324 e. The quantitative estimate of drug-likeness (QED) is 0.679. The second-order valence-corrected chi connectivity index (χ2v) is 7.50. The molecule has 1 fully saturated rings. The van der Waals surface area contributed by atoms with Gasteiger partial charge in [-0.2, -0.15) is 0 Å². The van der Waals surface area contributed by atoms with Crippen LogP contribution in [0.25, 0.3) is 11.4 Å². The van der Waals surface area contributed by atoms with Crippen LogP contribution in [0.4, 0.5) is 10.5 Å². The number of thioether (sulfide) groups is 1. The van der Waals surface area contributed by atoms with Gasteiger partial charge >= 0.3 is 6.03 Å². The van der Waals surface area contributed by atoms with E-state index in [-0.39, 0.29) is 12.1 Å². The predicted octanol–water partition coefficient (Wildman–Crippen LogP) is 3.93. The van der Waals surface area contributed by atoms with Gasteiger partial charge in [-0.05, 0) is 43.4 Å². The van der Waals surface area contributed by atoms with E-state index in [4.69, 9.17) is 0 Å². The number of hydrogen-bond donors (Lipinski definition) is 1. The fourth-order valence-electron chi connectivity index (χ4n) is 3.36. The number of nitrogens with zero attached hydrogens (tertiary/aromatic N) is 5. The standard InChI is InChI=1S/C20H22N6OS/c1-28-19-8-3-2-7-17(19)22-20(27)25-12-9-15(10-13-25)26-14-18(23-24-26)16-6-4-5-11-21-16/h2-8,11,14-15H,9-10,12-13H2,1H3,(H,22,27). The lowest BCUT2D eigenvalue weighted by atomic mass is 10.1. The first-order valence-corrected chi connectivity index (χ1v) is 10.5. The summed E-state index contributed by atoms with van der Waals surface area (Å²) in [4.78, 5) is 19.9. The Balaban J connectivity index is 1.36. The highest BCUT2D eigenvalue weighted by Gasteiger charge is 2.25. The minimum atomic E-state index is -0.0484. The first kappa shape index (κ1) is 18.5. The maximum absolute atomic E-state index is 12.6. The van der Waals surface area contributed by atoms with Crippen LogP contribution in [0.15, 0.2) is 59.8 Å². The van der Waals surface area contributed by atoms with Gasteiger partial charge < -0.3 is 10.2 Å². The van der Waals surface area contributed by atoms with E-state index in [1.165, 1.54) is 0 Å². The van der Waals surface area contributed by atoms with Crippen LogP contribution in [0.2, 0.25) is 0 Å². The van der Waals surface area contributed by atoms with Gasteiger partial charge in [0.2, 0.25) is 0 Å². The Morgan fingerprint density at radius 2 is 1.89 bits per heavy atom. The van der Waals surface area contributed by atoms with Crippen LogP contribution in [-0.4, -0.2) is 50.3 Å². The number of piperidine rings is 1. The van der Waals surface area contributed by atoms with Crippen LogP contribution >= 0.6 is 11.8 Å². The van der Waals surface area contributed by atoms with Crippen molar-refractivity contribution in [1.29, 1.82) is 0 Å². The number of nitrogens with one attached hydrogen (secondary N) is 1. The highest BCUT2D eigenvalue weighted by molar-refractivity contribution is 7.98. The third kappa shape index (κ3) is 4.01. The van der Waals surface area contributed by atoms with Gasteiger partial charge in [0.1, 0.15) is 5.69 Å². The van der Waals surface area contributed by atoms with Crippen molar-refractivity contribution in [2.24, 2.45) is 0 Å². The van der Waals surface area contributed by atoms with E-state index in [0.717, 1.165) is 34.8 Å². The topological polar surface area (TPSA) is 75.9 Å². The van der Waals surface area contributed by atoms with Crippen LogP contribution < -0.4 is 5.32 Å². The van der Waals surface area contributed by atoms with Crippen molar-refractivity contribution in [2.45, 2.75) is 23.8 Å². The highest BCUT2D eigenvalue weighted by Crippen LogP contribution is 2.27. The van der Waals surface area contributed by atoms with Crippen LogP contribution in [0.5, 0.6) is 0 Å². The van der Waals surface area contributed by atoms with E-state index in [1.54, 1.807) is 18.0 Å². The summed E-state index contributed by atoms with van der Waals surface area (Å²) >= 11 is 1.63. The van der Waals surface area contributed by atoms with Crippen molar-refractivity contribution < 1.29 is 4.79 Å². The molecule has 0 saturated carbocycles. The second-order valence-electron chi connectivity index (χ2n) is 6.65. The molecule has 0 spiro atoms. The lowest BCUT2D eigenvalue weighted by Crippen LogP contribution is -2.41. The third-order valence-corrected chi connectivity index (χ3v) is 5.71. The number of carbonyl (C=O) groups is 1. The molecule has 3 heterocycles. The first-order chi connectivity index (χ1) is 13.7. The summed E-state index contributed by atoms with van der Waals surface area (Å²) in [5, 5.41) is 11.6. The van der Waals surface area contributed by atoms with Crippen LogP contribution in [0.3, 0.4) is 0 Å². The fraction of sp³-hybridized carbons (Fsp3) is 0.300. The van der Waals surface area contributed by atoms with Crippen molar-refractivity contribution in [2.75, 3.05) is 24.7 Å². The van der Waals surface area contributed by atoms with Crippen molar-refractivity contribution in [3.63, 3.8) is 0 Å². The molecule has 3 aromatic rings. The molecule has 0 bridgehead atoms. The summed E-state index contributed by atoms with van der Waals surface area (Å²) in [5.41, 5.74) is 2.45. The summed E-state index contributed by atoms with van der Waals surface area (Å²) < 4.78 is 1.91. The molecule has 1 aliphatic rings. The molecule has 28 heavy (non-hydrogen) atoms. The fourth-order valence-corrected chi connectivity index (χ4v) is 3.92. The maximum atomic E-state index is 12.6. The molecule has 0 atom stereocenters. The highest BCUT2D eigenvalue weighted by atomic mass is 32.2. The van der Waals surface area contributed by atoms with Gasteiger partial charge in [-0.15, -0.1) is 16.9 Å². The number of pyridine rings is 1. The third-order valence-electron chi connectivity index (χ3n) is 4.91. The summed E-state index contributed by atoms with van der Waals surface area (Å²) in [6, 6.07) is 13.8. The number of amides is 2. The molecule has 1 N–H and O–H groups in total. The van der Waals surface area contributed by atoms with Crippen LogP contribution in [-0.2, 0) is 0 Å². The second kappa shape index (κ2) is 8.43. The zero-order valence-electron chi connectivity index (χ0n) is 15.7. The molecule has 0 radical (unpaired) electrons. The number of hydrogen-bond acceptors (Lipinski definition) is 5. The van der Waals surface area contributed by atoms with Gasteiger partial charge in [-0.3, -0.25) is 4.98 Å². The van der Waals surface area contributed by atoms with E-state index in [1.807, 2.05) is 64.5 Å². The molecular weight excluding hydrogens is 372 g/mol. The van der Waals surface area contributed by atoms with Crippen molar-refractivity contribution in [3.8, 4) is 11.4 Å². The molecule has 7 nitrogen and oxygen atoms in total.